The maximum Gasteiger partial charge on any atom is 0.338 e. The molecule has 168 valence electrons. The fourth-order valence-corrected chi connectivity index (χ4v) is 3.84. The lowest BCUT2D eigenvalue weighted by Gasteiger charge is -2.14. The Morgan fingerprint density at radius 3 is 2.48 bits per heavy atom. The number of rotatable bonds is 7. The minimum absolute atomic E-state index is 0.113. The number of carbonyl (C=O) groups excluding carboxylic acids is 2. The molecule has 0 heterocycles. The number of anilines is 2. The highest BCUT2D eigenvalue weighted by Gasteiger charge is 2.22. The number of nitrogens with zero attached hydrogens (tertiary/aromatic N) is 1. The molecule has 0 spiro atoms. The van der Waals surface area contributed by atoms with Gasteiger partial charge >= 0.3 is 5.97 Å². The van der Waals surface area contributed by atoms with Crippen molar-refractivity contribution in [2.45, 2.75) is 17.9 Å². The third-order valence-electron chi connectivity index (χ3n) is 4.41. The zero-order valence-corrected chi connectivity index (χ0v) is 18.1. The third-order valence-corrected chi connectivity index (χ3v) is 5.77. The number of esters is 1. The number of para-hydroxylation sites is 1. The van der Waals surface area contributed by atoms with Gasteiger partial charge in [0, 0.05) is 5.69 Å². The van der Waals surface area contributed by atoms with Crippen LogP contribution in [0.2, 0.25) is 0 Å². The number of amides is 1. The van der Waals surface area contributed by atoms with Gasteiger partial charge in [0.05, 0.1) is 27.8 Å². The summed E-state index contributed by atoms with van der Waals surface area (Å²) in [6, 6.07) is 18.3. The Morgan fingerprint density at radius 2 is 1.76 bits per heavy atom. The summed E-state index contributed by atoms with van der Waals surface area (Å²) in [5.41, 5.74) is 0.350. The highest BCUT2D eigenvalue weighted by Crippen LogP contribution is 2.20. The van der Waals surface area contributed by atoms with Gasteiger partial charge in [-0.05, 0) is 55.5 Å². The molecule has 3 aromatic rings. The van der Waals surface area contributed by atoms with Crippen LogP contribution >= 0.6 is 0 Å². The van der Waals surface area contributed by atoms with E-state index >= 15 is 0 Å². The van der Waals surface area contributed by atoms with Gasteiger partial charge in [0.1, 0.15) is 5.82 Å². The summed E-state index contributed by atoms with van der Waals surface area (Å²) < 4.78 is 46.3. The maximum atomic E-state index is 13.8. The summed E-state index contributed by atoms with van der Waals surface area (Å²) in [6.45, 7) is 1.35. The van der Waals surface area contributed by atoms with Gasteiger partial charge in [-0.3, -0.25) is 9.52 Å². The van der Waals surface area contributed by atoms with Crippen molar-refractivity contribution in [2.24, 2.45) is 0 Å². The van der Waals surface area contributed by atoms with E-state index in [1.165, 1.54) is 49.4 Å². The van der Waals surface area contributed by atoms with Crippen LogP contribution in [0.1, 0.15) is 22.8 Å². The van der Waals surface area contributed by atoms with Crippen LogP contribution in [0.5, 0.6) is 0 Å². The van der Waals surface area contributed by atoms with E-state index in [0.717, 1.165) is 12.1 Å². The normalized spacial score (nSPS) is 11.7. The van der Waals surface area contributed by atoms with E-state index in [1.807, 2.05) is 6.07 Å². The lowest BCUT2D eigenvalue weighted by atomic mass is 10.2. The van der Waals surface area contributed by atoms with Gasteiger partial charge in [-0.1, -0.05) is 24.3 Å². The summed E-state index contributed by atoms with van der Waals surface area (Å²) in [6.07, 6.45) is -1.21. The topological polar surface area (TPSA) is 125 Å². The van der Waals surface area contributed by atoms with Crippen molar-refractivity contribution in [2.75, 3.05) is 10.0 Å². The van der Waals surface area contributed by atoms with Gasteiger partial charge in [-0.25, -0.2) is 17.6 Å². The number of halogens is 1. The number of hydrogen-bond acceptors (Lipinski definition) is 6. The number of benzene rings is 3. The molecule has 0 bridgehead atoms. The molecule has 0 fully saturated rings. The molecule has 0 saturated heterocycles. The van der Waals surface area contributed by atoms with Crippen molar-refractivity contribution < 1.29 is 27.1 Å². The smallest absolute Gasteiger partial charge is 0.338 e. The SMILES string of the molecule is C[C@H](OC(=O)c1cccc(S(=O)(=O)Nc2ccccc2F)c1)C(=O)Nc1cccc(C#N)c1. The molecule has 3 aromatic carbocycles. The number of hydrogen-bond donors (Lipinski definition) is 2. The predicted molar refractivity (Wildman–Crippen MR) is 118 cm³/mol. The fraction of sp³-hybridized carbons (Fsp3) is 0.0870. The van der Waals surface area contributed by atoms with Gasteiger partial charge in [-0.2, -0.15) is 5.26 Å². The van der Waals surface area contributed by atoms with Crippen molar-refractivity contribution in [3.63, 3.8) is 0 Å². The largest absolute Gasteiger partial charge is 0.449 e. The van der Waals surface area contributed by atoms with Gasteiger partial charge in [0.2, 0.25) is 0 Å². The Hall–Kier alpha value is -4.23. The van der Waals surface area contributed by atoms with Crippen LogP contribution in [0.15, 0.2) is 77.7 Å². The Labute approximate surface area is 189 Å². The first kappa shape index (κ1) is 23.4. The fourth-order valence-electron chi connectivity index (χ4n) is 2.73. The molecule has 0 radical (unpaired) electrons. The van der Waals surface area contributed by atoms with E-state index in [4.69, 9.17) is 10.00 Å². The van der Waals surface area contributed by atoms with E-state index in [-0.39, 0.29) is 16.1 Å². The van der Waals surface area contributed by atoms with E-state index in [9.17, 15) is 22.4 Å². The summed E-state index contributed by atoms with van der Waals surface area (Å²) in [4.78, 5) is 24.5. The second kappa shape index (κ2) is 9.93. The number of sulfonamides is 1. The summed E-state index contributed by atoms with van der Waals surface area (Å²) in [5, 5.41) is 11.5. The zero-order chi connectivity index (χ0) is 24.0. The first-order valence-corrected chi connectivity index (χ1v) is 11.1. The van der Waals surface area contributed by atoms with Crippen molar-refractivity contribution in [3.8, 4) is 6.07 Å². The average molecular weight is 467 g/mol. The second-order valence-electron chi connectivity index (χ2n) is 6.84. The van der Waals surface area contributed by atoms with Gasteiger partial charge in [0.15, 0.2) is 6.10 Å². The van der Waals surface area contributed by atoms with Crippen LogP contribution in [-0.4, -0.2) is 26.4 Å². The van der Waals surface area contributed by atoms with Gasteiger partial charge in [0.25, 0.3) is 15.9 Å². The standard InChI is InChI=1S/C23H18FN3O5S/c1-15(22(28)26-18-8-4-6-16(12-18)14-25)32-23(29)17-7-5-9-19(13-17)33(30,31)27-21-11-3-2-10-20(21)24/h2-13,15,27H,1H3,(H,26,28)/t15-/m0/s1. The summed E-state index contributed by atoms with van der Waals surface area (Å²) in [7, 11) is -4.19. The number of carbonyl (C=O) groups is 2. The molecule has 0 unspecified atom stereocenters. The third kappa shape index (κ3) is 5.93. The van der Waals surface area contributed by atoms with Crippen LogP contribution in [0, 0.1) is 17.1 Å². The Kier molecular flexibility index (Phi) is 7.05. The number of nitriles is 1. The molecular weight excluding hydrogens is 449 g/mol. The van der Waals surface area contributed by atoms with Crippen LogP contribution in [0.25, 0.3) is 0 Å². The molecular formula is C23H18FN3O5S. The Bertz CT molecular complexity index is 1350. The second-order valence-corrected chi connectivity index (χ2v) is 8.52. The molecule has 0 aliphatic rings. The first-order valence-electron chi connectivity index (χ1n) is 9.59. The van der Waals surface area contributed by atoms with Crippen LogP contribution < -0.4 is 10.0 Å². The van der Waals surface area contributed by atoms with E-state index in [1.54, 1.807) is 18.2 Å². The minimum atomic E-state index is -4.19. The zero-order valence-electron chi connectivity index (χ0n) is 17.3. The quantitative estimate of drug-likeness (QED) is 0.511. The average Bonchev–Trinajstić information content (AvgIpc) is 2.80. The molecule has 33 heavy (non-hydrogen) atoms. The molecule has 0 aliphatic heterocycles. The van der Waals surface area contributed by atoms with Crippen LogP contribution in [0.4, 0.5) is 15.8 Å². The first-order chi connectivity index (χ1) is 15.7. The Morgan fingerprint density at radius 1 is 1.03 bits per heavy atom. The molecule has 0 aliphatic carbocycles. The van der Waals surface area contributed by atoms with E-state index in [0.29, 0.717) is 11.3 Å². The summed E-state index contributed by atoms with van der Waals surface area (Å²) >= 11 is 0. The molecule has 0 aromatic heterocycles. The lowest BCUT2D eigenvalue weighted by Crippen LogP contribution is -2.30. The van der Waals surface area contributed by atoms with E-state index in [2.05, 4.69) is 10.0 Å². The van der Waals surface area contributed by atoms with Crippen LogP contribution in [-0.2, 0) is 19.6 Å². The highest BCUT2D eigenvalue weighted by atomic mass is 32.2. The number of nitrogens with one attached hydrogen (secondary N) is 2. The molecule has 10 heteroatoms. The molecule has 3 rings (SSSR count). The molecule has 0 saturated carbocycles. The Balaban J connectivity index is 1.70. The minimum Gasteiger partial charge on any atom is -0.449 e. The van der Waals surface area contributed by atoms with E-state index < -0.39 is 33.8 Å². The van der Waals surface area contributed by atoms with Crippen molar-refractivity contribution in [1.82, 2.24) is 0 Å². The summed E-state index contributed by atoms with van der Waals surface area (Å²) in [5.74, 6) is -2.31. The molecule has 1 atom stereocenters. The maximum absolute atomic E-state index is 13.8. The monoisotopic (exact) mass is 467 g/mol. The van der Waals surface area contributed by atoms with Crippen molar-refractivity contribution in [1.29, 1.82) is 5.26 Å². The van der Waals surface area contributed by atoms with Gasteiger partial charge < -0.3 is 10.1 Å². The predicted octanol–water partition coefficient (Wildman–Crippen LogP) is 3.68. The molecule has 2 N–H and O–H groups in total. The number of ether oxygens (including phenoxy) is 1. The van der Waals surface area contributed by atoms with Gasteiger partial charge in [-0.15, -0.1) is 0 Å². The lowest BCUT2D eigenvalue weighted by molar-refractivity contribution is -0.123. The molecule has 8 nitrogen and oxygen atoms in total. The van der Waals surface area contributed by atoms with Crippen molar-refractivity contribution in [3.05, 3.63) is 89.7 Å². The molecule has 1 amide bonds. The van der Waals surface area contributed by atoms with Crippen LogP contribution in [0.3, 0.4) is 0 Å². The highest BCUT2D eigenvalue weighted by molar-refractivity contribution is 7.92. The van der Waals surface area contributed by atoms with Crippen molar-refractivity contribution >= 4 is 33.3 Å².